The van der Waals surface area contributed by atoms with Gasteiger partial charge < -0.3 is 69.5 Å². The summed E-state index contributed by atoms with van der Waals surface area (Å²) in [5.41, 5.74) is 1.37. The van der Waals surface area contributed by atoms with Gasteiger partial charge in [0.2, 0.25) is 18.1 Å². The van der Waals surface area contributed by atoms with E-state index in [1.165, 1.54) is 24.3 Å². The lowest BCUT2D eigenvalue weighted by atomic mass is 9.46. The third-order valence-electron chi connectivity index (χ3n) is 16.3. The van der Waals surface area contributed by atoms with Crippen molar-refractivity contribution in [3.05, 3.63) is 117 Å². The van der Waals surface area contributed by atoms with Crippen molar-refractivity contribution in [3.8, 4) is 23.0 Å². The minimum Gasteiger partial charge on any atom is -0.482 e. The normalized spacial score (nSPS) is 29.3. The van der Waals surface area contributed by atoms with Gasteiger partial charge in [-0.1, -0.05) is 55.4 Å². The number of ketones is 1. The average Bonchev–Trinajstić information content (AvgIpc) is 2.97. The van der Waals surface area contributed by atoms with Crippen molar-refractivity contribution >= 4 is 46.4 Å². The Hall–Kier alpha value is -6.64. The van der Waals surface area contributed by atoms with Gasteiger partial charge in [-0.05, 0) is 122 Å². The van der Waals surface area contributed by atoms with E-state index in [1.54, 1.807) is 13.0 Å². The molecule has 4 aliphatic heterocycles. The maximum Gasteiger partial charge on any atom is 0.343 e. The number of allylic oxidation sites excluding steroid dienone is 4. The number of benzene rings is 3. The number of amides is 1. The monoisotopic (exact) mass is 1070 g/mol. The van der Waals surface area contributed by atoms with E-state index in [0.717, 1.165) is 16.7 Å². The molecule has 8 N–H and O–H groups in total. The number of aromatic nitrogens is 2. The van der Waals surface area contributed by atoms with Gasteiger partial charge in [-0.3, -0.25) is 9.59 Å². The molecule has 1 saturated heterocycles. The molecule has 7 aliphatic rings. The van der Waals surface area contributed by atoms with Gasteiger partial charge in [0.05, 0.1) is 52.7 Å². The first-order valence-electron chi connectivity index (χ1n) is 26.8. The third-order valence-corrected chi connectivity index (χ3v) is 16.3. The molecule has 5 heterocycles. The SMILES string of the molecule is CC(C)=CCCC1(C)C=Cc2c(c(CC=C(C)C)c3c(c2OC(=O)c2ccc(O[C@H]4O[C@@H](CO)[C@H](O)[C@@H](O)[C@@H]4O)cc2)C2=C4C(C5CC(C(C)C)C4(O3)C(O)(C/C=C(/C)C(=O)NCCO)C5=O)n3c(nc4ccccc43)N2)O1. The number of fused-ring (bicyclic) bond motifs is 8. The zero-order chi connectivity index (χ0) is 55.7. The minimum absolute atomic E-state index is 0.0154. The molecule has 18 nitrogen and oxygen atoms in total. The van der Waals surface area contributed by atoms with Gasteiger partial charge in [0.1, 0.15) is 47.3 Å². The molecule has 1 amide bonds. The maximum absolute atomic E-state index is 15.8. The molecule has 414 valence electrons. The minimum atomic E-state index is -2.27. The van der Waals surface area contributed by atoms with Crippen LogP contribution < -0.4 is 29.6 Å². The van der Waals surface area contributed by atoms with Crippen LogP contribution in [0.5, 0.6) is 23.0 Å². The first-order valence-corrected chi connectivity index (χ1v) is 26.8. The number of rotatable bonds is 16. The van der Waals surface area contributed by atoms with Gasteiger partial charge in [0.15, 0.2) is 22.7 Å². The van der Waals surface area contributed by atoms with E-state index in [9.17, 15) is 40.2 Å². The quantitative estimate of drug-likeness (QED) is 0.0261. The van der Waals surface area contributed by atoms with Crippen molar-refractivity contribution in [2.24, 2.45) is 17.8 Å². The zero-order valence-corrected chi connectivity index (χ0v) is 45.2. The summed E-state index contributed by atoms with van der Waals surface area (Å²) in [6.07, 6.45) is 3.66. The predicted molar refractivity (Wildman–Crippen MR) is 290 cm³/mol. The number of esters is 1. The van der Waals surface area contributed by atoms with E-state index in [1.807, 2.05) is 95.5 Å². The van der Waals surface area contributed by atoms with Gasteiger partial charge in [-0.25, -0.2) is 9.78 Å². The summed E-state index contributed by atoms with van der Waals surface area (Å²) in [7, 11) is 0. The number of aliphatic hydroxyl groups excluding tert-OH is 5. The molecule has 78 heavy (non-hydrogen) atoms. The summed E-state index contributed by atoms with van der Waals surface area (Å²) < 4.78 is 35.2. The van der Waals surface area contributed by atoms with E-state index in [-0.39, 0.29) is 60.3 Å². The topological polar surface area (TPSA) is 261 Å². The highest BCUT2D eigenvalue weighted by Crippen LogP contribution is 2.70. The number of carbonyl (C=O) groups excluding carboxylic acids is 3. The molecule has 1 aromatic heterocycles. The highest BCUT2D eigenvalue weighted by atomic mass is 16.7. The second-order valence-electron chi connectivity index (χ2n) is 22.5. The summed E-state index contributed by atoms with van der Waals surface area (Å²) >= 11 is 0. The molecular weight excluding hydrogens is 1000 g/mol. The summed E-state index contributed by atoms with van der Waals surface area (Å²) in [6, 6.07) is 12.7. The highest BCUT2D eigenvalue weighted by Gasteiger charge is 2.77. The molecule has 3 aliphatic carbocycles. The number of nitrogens with one attached hydrogen (secondary N) is 2. The van der Waals surface area contributed by atoms with Crippen molar-refractivity contribution in [1.29, 1.82) is 0 Å². The molecule has 0 radical (unpaired) electrons. The number of anilines is 1. The van der Waals surface area contributed by atoms with E-state index >= 15 is 4.79 Å². The maximum atomic E-state index is 15.8. The Bertz CT molecular complexity index is 3220. The fourth-order valence-electron chi connectivity index (χ4n) is 12.4. The lowest BCUT2D eigenvalue weighted by Crippen LogP contribution is -2.78. The number of aliphatic hydroxyl groups is 6. The van der Waals surface area contributed by atoms with Crippen LogP contribution in [0.15, 0.2) is 95.1 Å². The first kappa shape index (κ1) is 54.7. The highest BCUT2D eigenvalue weighted by molar-refractivity contribution is 6.04. The molecule has 4 aromatic rings. The zero-order valence-electron chi connectivity index (χ0n) is 45.2. The van der Waals surface area contributed by atoms with Gasteiger partial charge >= 0.3 is 5.97 Å². The fourth-order valence-corrected chi connectivity index (χ4v) is 12.4. The Labute approximate surface area is 452 Å². The van der Waals surface area contributed by atoms with Crippen LogP contribution in [0.2, 0.25) is 0 Å². The summed E-state index contributed by atoms with van der Waals surface area (Å²) in [4.78, 5) is 49.2. The lowest BCUT2D eigenvalue weighted by molar-refractivity contribution is -0.277. The number of imidazole rings is 1. The van der Waals surface area contributed by atoms with Crippen LogP contribution in [0, 0.1) is 17.8 Å². The number of Topliss-reactive ketones (excluding diaryl/α,β-unsaturated/α-hetero) is 1. The van der Waals surface area contributed by atoms with Crippen LogP contribution in [0.25, 0.3) is 22.8 Å². The Morgan fingerprint density at radius 3 is 2.37 bits per heavy atom. The van der Waals surface area contributed by atoms with E-state index in [0.29, 0.717) is 64.4 Å². The molecule has 18 heteroatoms. The number of nitrogens with zero attached hydrogens (tertiary/aromatic N) is 2. The van der Waals surface area contributed by atoms with Crippen molar-refractivity contribution in [2.45, 2.75) is 141 Å². The number of carbonyl (C=O) groups is 3. The molecule has 3 saturated carbocycles. The van der Waals surface area contributed by atoms with E-state index in [4.69, 9.17) is 28.7 Å². The van der Waals surface area contributed by atoms with Gasteiger partial charge in [-0.2, -0.15) is 0 Å². The van der Waals surface area contributed by atoms with Crippen LogP contribution in [-0.4, -0.2) is 125 Å². The molecular formula is C60H70N4O14. The molecule has 4 fully saturated rings. The third kappa shape index (κ3) is 9.04. The number of hydrogen-bond donors (Lipinski definition) is 8. The summed E-state index contributed by atoms with van der Waals surface area (Å²) in [5.74, 6) is -1.91. The van der Waals surface area contributed by atoms with Crippen LogP contribution in [-0.2, 0) is 20.7 Å². The van der Waals surface area contributed by atoms with Crippen molar-refractivity contribution in [1.82, 2.24) is 14.9 Å². The van der Waals surface area contributed by atoms with Crippen molar-refractivity contribution in [3.63, 3.8) is 0 Å². The Morgan fingerprint density at radius 1 is 0.949 bits per heavy atom. The Kier molecular flexibility index (Phi) is 14.6. The second kappa shape index (κ2) is 20.9. The Morgan fingerprint density at radius 2 is 1.68 bits per heavy atom. The molecule has 3 aromatic carbocycles. The predicted octanol–water partition coefficient (Wildman–Crippen LogP) is 6.41. The Balaban J connectivity index is 1.20. The molecule has 1 spiro atoms. The molecule has 6 unspecified atom stereocenters. The molecule has 11 atom stereocenters. The van der Waals surface area contributed by atoms with Crippen molar-refractivity contribution < 1.29 is 68.7 Å². The first-order chi connectivity index (χ1) is 37.2. The summed E-state index contributed by atoms with van der Waals surface area (Å²) in [6.45, 7) is 14.8. The smallest absolute Gasteiger partial charge is 0.343 e. The van der Waals surface area contributed by atoms with Gasteiger partial charge in [0, 0.05) is 41.5 Å². The standard InChI is InChI=1S/C60H70N4O14/c1-30(2)12-11-23-58(8)24-22-37-50(77-58)36(20-15-31(3)4)52-43(51(37)76-55(72)34-16-18-35(19-17-34)74-56-49(69)48(68)47(67)42(29-66)75-56)45-44-46(64-41-14-10-9-13-40(41)62-57(64)63-45)38-28-39(32(5)6)60(44,78-52)59(73,53(38)70)25-21-33(7)54(71)61-26-27-65/h9-10,12-19,21-22,24,32,38-39,42,46-49,56,65-69,73H,11,20,23,25-29H2,1-8H3,(H,61,71)(H,62,63)/b33-21-/t38?,39?,42-,46?,47-,48+,49-,56-,58?,59?,60?/m0/s1. The number of ether oxygens (including phenoxy) is 5. The number of hydrogen-bond acceptors (Lipinski definition) is 16. The lowest BCUT2D eigenvalue weighted by Gasteiger charge is -2.66. The number of para-hydroxylation sites is 2. The largest absolute Gasteiger partial charge is 0.482 e. The molecule has 2 bridgehead atoms. The second-order valence-corrected chi connectivity index (χ2v) is 22.5. The van der Waals surface area contributed by atoms with Crippen LogP contribution in [0.4, 0.5) is 5.95 Å². The van der Waals surface area contributed by atoms with E-state index in [2.05, 4.69) is 16.7 Å². The van der Waals surface area contributed by atoms with Gasteiger partial charge in [-0.15, -0.1) is 0 Å². The van der Waals surface area contributed by atoms with Crippen LogP contribution in [0.3, 0.4) is 0 Å². The van der Waals surface area contributed by atoms with Crippen LogP contribution in [0.1, 0.15) is 114 Å². The van der Waals surface area contributed by atoms with Crippen molar-refractivity contribution in [2.75, 3.05) is 25.1 Å². The summed E-state index contributed by atoms with van der Waals surface area (Å²) in [5, 5.41) is 70.9. The van der Waals surface area contributed by atoms with Crippen LogP contribution >= 0.6 is 0 Å². The molecule has 11 rings (SSSR count). The fraction of sp³-hybridized carbons (Fsp3) is 0.467. The van der Waals surface area contributed by atoms with Gasteiger partial charge in [0.25, 0.3) is 0 Å². The van der Waals surface area contributed by atoms with E-state index < -0.39 is 89.7 Å². The average molecular weight is 1070 g/mol.